The third-order valence-corrected chi connectivity index (χ3v) is 8.99. The van der Waals surface area contributed by atoms with Gasteiger partial charge in [0.15, 0.2) is 0 Å². The lowest BCUT2D eigenvalue weighted by molar-refractivity contribution is -0.325. The van der Waals surface area contributed by atoms with Crippen LogP contribution in [0.25, 0.3) is 0 Å². The number of likely N-dealkylation sites (tertiary alicyclic amines) is 2. The third kappa shape index (κ3) is 5.17. The molecule has 2 fully saturated rings. The summed E-state index contributed by atoms with van der Waals surface area (Å²) in [7, 11) is 0. The van der Waals surface area contributed by atoms with Gasteiger partial charge < -0.3 is 9.80 Å². The summed E-state index contributed by atoms with van der Waals surface area (Å²) >= 11 is 0. The van der Waals surface area contributed by atoms with Crippen molar-refractivity contribution in [3.8, 4) is 0 Å². The number of pyridine rings is 1. The molecule has 2 unspecified atom stereocenters. The predicted molar refractivity (Wildman–Crippen MR) is 139 cm³/mol. The van der Waals surface area contributed by atoms with Crippen molar-refractivity contribution in [2.45, 2.75) is 49.1 Å². The predicted octanol–water partition coefficient (Wildman–Crippen LogP) is 7.36. The summed E-state index contributed by atoms with van der Waals surface area (Å²) in [4.78, 5) is 21.1. The lowest BCUT2D eigenvalue weighted by Gasteiger charge is -2.37. The van der Waals surface area contributed by atoms with Crippen molar-refractivity contribution in [1.82, 2.24) is 14.8 Å². The van der Waals surface area contributed by atoms with Crippen molar-refractivity contribution < 1.29 is 39.9 Å². The second-order valence-electron chi connectivity index (χ2n) is 11.5. The summed E-state index contributed by atoms with van der Waals surface area (Å²) in [6, 6.07) is 9.24. The Morgan fingerprint density at radius 2 is 1.57 bits per heavy atom. The molecule has 3 heterocycles. The molecule has 5 rings (SSSR count). The number of hydrogen-bond acceptors (Lipinski definition) is 2. The smallest absolute Gasteiger partial charge is 0.324 e. The molecule has 226 valence electrons. The Balaban J connectivity index is 1.40. The van der Waals surface area contributed by atoms with Gasteiger partial charge in [0.1, 0.15) is 5.82 Å². The summed E-state index contributed by atoms with van der Waals surface area (Å²) in [5.41, 5.74) is -6.08. The van der Waals surface area contributed by atoms with Crippen molar-refractivity contribution in [3.63, 3.8) is 0 Å². The molecule has 42 heavy (non-hydrogen) atoms. The maximum Gasteiger partial charge on any atom is 0.435 e. The van der Waals surface area contributed by atoms with Crippen LogP contribution in [0.15, 0.2) is 72.6 Å². The second-order valence-corrected chi connectivity index (χ2v) is 11.5. The van der Waals surface area contributed by atoms with Gasteiger partial charge in [-0.3, -0.25) is 4.98 Å². The van der Waals surface area contributed by atoms with E-state index in [-0.39, 0.29) is 31.5 Å². The number of allylic oxidation sites excluding steroid dienone is 4. The van der Waals surface area contributed by atoms with E-state index in [2.05, 4.69) is 4.98 Å². The van der Waals surface area contributed by atoms with Crippen LogP contribution in [0.1, 0.15) is 36.8 Å². The molecule has 2 amide bonds. The van der Waals surface area contributed by atoms with E-state index >= 15 is 0 Å². The standard InChI is InChI=1S/C30H29F8N3O/c1-27(22-6-8-24(31)9-7-22)18-41(26(42)40-15-12-21(16-40)19-10-13-39-14-11-19)17-25(27)20-2-4-23(5-3-20)28(32,29(33,34)35)30(36,37)38/h2,4-11,13-14,20-21,25H,3,12,15-18H2,1H3/t20?,21?,25-,27+/m0/s1. The Morgan fingerprint density at radius 1 is 0.929 bits per heavy atom. The molecule has 1 aliphatic carbocycles. The lowest BCUT2D eigenvalue weighted by atomic mass is 9.67. The van der Waals surface area contributed by atoms with Gasteiger partial charge in [-0.2, -0.15) is 26.3 Å². The molecule has 2 aliphatic heterocycles. The highest BCUT2D eigenvalue weighted by atomic mass is 19.4. The number of nitrogens with zero attached hydrogens (tertiary/aromatic N) is 3. The lowest BCUT2D eigenvalue weighted by Crippen LogP contribution is -2.54. The largest absolute Gasteiger partial charge is 0.435 e. The Morgan fingerprint density at radius 3 is 2.14 bits per heavy atom. The van der Waals surface area contributed by atoms with E-state index < -0.39 is 46.7 Å². The SMILES string of the molecule is C[C@]1(c2ccc(F)cc2)CN(C(=O)N2CCC(c3ccncc3)C2)C[C@H]1C1C=CC(C(F)(C(F)(F)F)C(F)(F)F)=CC1. The molecular formula is C30H29F8N3O. The molecule has 0 radical (unpaired) electrons. The number of amides is 2. The minimum absolute atomic E-state index is 0.131. The Hall–Kier alpha value is -3.44. The fourth-order valence-corrected chi connectivity index (χ4v) is 6.63. The zero-order valence-corrected chi connectivity index (χ0v) is 22.6. The van der Waals surface area contributed by atoms with E-state index in [1.165, 1.54) is 18.2 Å². The van der Waals surface area contributed by atoms with Crippen LogP contribution < -0.4 is 0 Å². The molecule has 0 bridgehead atoms. The molecule has 4 nitrogen and oxygen atoms in total. The van der Waals surface area contributed by atoms with Crippen molar-refractivity contribution in [2.75, 3.05) is 26.2 Å². The van der Waals surface area contributed by atoms with Crippen LogP contribution in [0.2, 0.25) is 0 Å². The molecule has 2 aromatic rings. The average molecular weight is 600 g/mol. The second kappa shape index (κ2) is 10.7. The van der Waals surface area contributed by atoms with Crippen molar-refractivity contribution >= 4 is 6.03 Å². The Labute approximate surface area is 237 Å². The van der Waals surface area contributed by atoms with Crippen LogP contribution in [0, 0.1) is 17.7 Å². The van der Waals surface area contributed by atoms with Crippen molar-refractivity contribution in [1.29, 1.82) is 0 Å². The minimum atomic E-state index is -6.20. The number of rotatable bonds is 4. The first-order valence-corrected chi connectivity index (χ1v) is 13.6. The molecule has 1 aromatic carbocycles. The molecule has 12 heteroatoms. The fourth-order valence-electron chi connectivity index (χ4n) is 6.63. The zero-order valence-electron chi connectivity index (χ0n) is 22.6. The molecular weight excluding hydrogens is 570 g/mol. The molecule has 4 atom stereocenters. The van der Waals surface area contributed by atoms with E-state index in [0.717, 1.165) is 12.0 Å². The first-order chi connectivity index (χ1) is 19.6. The average Bonchev–Trinajstić information content (AvgIpc) is 3.58. The van der Waals surface area contributed by atoms with E-state index in [1.807, 2.05) is 19.1 Å². The highest BCUT2D eigenvalue weighted by Gasteiger charge is 2.74. The number of hydrogen-bond donors (Lipinski definition) is 0. The van der Waals surface area contributed by atoms with Crippen LogP contribution in [-0.4, -0.2) is 65.0 Å². The fraction of sp³-hybridized carbons (Fsp3) is 0.467. The Bertz CT molecular complexity index is 1340. The van der Waals surface area contributed by atoms with E-state index in [9.17, 15) is 39.9 Å². The minimum Gasteiger partial charge on any atom is -0.324 e. The summed E-state index contributed by atoms with van der Waals surface area (Å²) in [5.74, 6) is -1.40. The number of benzene rings is 1. The van der Waals surface area contributed by atoms with Crippen molar-refractivity contribution in [2.24, 2.45) is 11.8 Å². The van der Waals surface area contributed by atoms with Gasteiger partial charge in [0.05, 0.1) is 0 Å². The van der Waals surface area contributed by atoms with Crippen LogP contribution in [0.5, 0.6) is 0 Å². The number of aromatic nitrogens is 1. The molecule has 0 N–H and O–H groups in total. The van der Waals surface area contributed by atoms with Gasteiger partial charge in [-0.25, -0.2) is 13.6 Å². The molecule has 0 spiro atoms. The van der Waals surface area contributed by atoms with Crippen LogP contribution in [0.4, 0.5) is 39.9 Å². The Kier molecular flexibility index (Phi) is 7.64. The van der Waals surface area contributed by atoms with E-state index in [4.69, 9.17) is 0 Å². The van der Waals surface area contributed by atoms with Gasteiger partial charge in [0, 0.05) is 55.5 Å². The quantitative estimate of drug-likeness (QED) is 0.345. The van der Waals surface area contributed by atoms with Crippen molar-refractivity contribution in [3.05, 3.63) is 89.5 Å². The van der Waals surface area contributed by atoms with Gasteiger partial charge in [0.25, 0.3) is 0 Å². The zero-order chi connectivity index (χ0) is 30.5. The van der Waals surface area contributed by atoms with Gasteiger partial charge in [-0.1, -0.05) is 37.3 Å². The van der Waals surface area contributed by atoms with Crippen LogP contribution in [0.3, 0.4) is 0 Å². The summed E-state index contributed by atoms with van der Waals surface area (Å²) in [5, 5.41) is 0. The summed E-state index contributed by atoms with van der Waals surface area (Å²) in [6.07, 6.45) is -6.16. The monoisotopic (exact) mass is 599 g/mol. The van der Waals surface area contributed by atoms with E-state index in [1.54, 1.807) is 34.3 Å². The number of halogens is 8. The van der Waals surface area contributed by atoms with Gasteiger partial charge >= 0.3 is 24.1 Å². The molecule has 0 saturated carbocycles. The molecule has 3 aliphatic rings. The number of urea groups is 1. The maximum absolute atomic E-state index is 14.7. The topological polar surface area (TPSA) is 36.4 Å². The highest BCUT2D eigenvalue weighted by molar-refractivity contribution is 5.75. The van der Waals surface area contributed by atoms with Gasteiger partial charge in [-0.15, -0.1) is 0 Å². The molecule has 2 saturated heterocycles. The first kappa shape index (κ1) is 30.0. The maximum atomic E-state index is 14.7. The van der Waals surface area contributed by atoms with E-state index in [0.29, 0.717) is 30.8 Å². The summed E-state index contributed by atoms with van der Waals surface area (Å²) < 4.78 is 108. The highest BCUT2D eigenvalue weighted by Crippen LogP contribution is 2.53. The number of carbonyl (C=O) groups excluding carboxylic acids is 1. The normalized spacial score (nSPS) is 27.0. The first-order valence-electron chi connectivity index (χ1n) is 13.6. The third-order valence-electron chi connectivity index (χ3n) is 8.99. The van der Waals surface area contributed by atoms with Crippen LogP contribution in [-0.2, 0) is 5.41 Å². The van der Waals surface area contributed by atoms with Gasteiger partial charge in [0.2, 0.25) is 0 Å². The van der Waals surface area contributed by atoms with Crippen LogP contribution >= 0.6 is 0 Å². The molecule has 1 aromatic heterocycles. The summed E-state index contributed by atoms with van der Waals surface area (Å²) in [6.45, 7) is 3.22. The van der Waals surface area contributed by atoms with Gasteiger partial charge in [-0.05, 0) is 60.1 Å². The number of carbonyl (C=O) groups is 1. The number of alkyl halides is 7.